The number of esters is 1. The number of hydrogen-bond acceptors (Lipinski definition) is 16. The zero-order valence-electron chi connectivity index (χ0n) is 34.9. The summed E-state index contributed by atoms with van der Waals surface area (Å²) >= 11 is 0. The molecule has 10 atom stereocenters. The molecule has 59 heavy (non-hydrogen) atoms. The summed E-state index contributed by atoms with van der Waals surface area (Å²) in [5.74, 6) is -11.2. The van der Waals surface area contributed by atoms with Gasteiger partial charge in [0.1, 0.15) is 29.0 Å². The number of aliphatic hydroxyl groups is 2. The lowest BCUT2D eigenvalue weighted by Gasteiger charge is -2.37. The molecule has 5 aliphatic rings. The second kappa shape index (κ2) is 17.7. The number of carbonyl (C=O) groups excluding carboxylic acids is 6. The molecule has 5 N–H and O–H groups in total. The SMILES string of the molecule is COC(CCNC1=C2NC(=O)/C(C)=C\C(=O)[C@@H]3C[C@@H]3[C@H](O)[C@@H](C)[C@@H](O)[C@@H](C)[C@H](OC(C)=O)[C@H](C)[C@@H](OC)/C=C/O[C@@]3(C)Oc4c(C)c(O)c(c(c4C3=O)C1=O)C2=O)OC. The molecule has 5 bridgehead atoms. The summed E-state index contributed by atoms with van der Waals surface area (Å²) in [4.78, 5) is 82.7. The third-order valence-electron chi connectivity index (χ3n) is 11.9. The summed E-state index contributed by atoms with van der Waals surface area (Å²) < 4.78 is 33.8. The minimum absolute atomic E-state index is 0.0203. The van der Waals surface area contributed by atoms with Gasteiger partial charge in [0.2, 0.25) is 11.6 Å². The maximum Gasteiger partial charge on any atom is 0.312 e. The molecule has 322 valence electrons. The van der Waals surface area contributed by atoms with Gasteiger partial charge < -0.3 is 54.4 Å². The second-order valence-corrected chi connectivity index (χ2v) is 15.8. The maximum atomic E-state index is 14.5. The van der Waals surface area contributed by atoms with E-state index in [1.807, 2.05) is 0 Å². The first-order valence-electron chi connectivity index (χ1n) is 19.4. The van der Waals surface area contributed by atoms with E-state index in [1.54, 1.807) is 20.8 Å². The highest BCUT2D eigenvalue weighted by molar-refractivity contribution is 6.32. The van der Waals surface area contributed by atoms with Crippen molar-refractivity contribution < 1.29 is 72.5 Å². The van der Waals surface area contributed by atoms with Crippen LogP contribution in [0.2, 0.25) is 0 Å². The summed E-state index contributed by atoms with van der Waals surface area (Å²) in [6.07, 6.45) is -0.774. The number of fused-ring (bicyclic) bond motifs is 12. The molecule has 0 aromatic heterocycles. The Bertz CT molecular complexity index is 2000. The maximum absolute atomic E-state index is 14.5. The number of phenols is 1. The Kier molecular flexibility index (Phi) is 13.6. The van der Waals surface area contributed by atoms with Crippen molar-refractivity contribution in [3.63, 3.8) is 0 Å². The van der Waals surface area contributed by atoms with Crippen molar-refractivity contribution in [1.82, 2.24) is 10.6 Å². The number of nitrogens with one attached hydrogen (secondary N) is 2. The first-order valence-corrected chi connectivity index (χ1v) is 19.4. The van der Waals surface area contributed by atoms with Crippen LogP contribution in [0.25, 0.3) is 0 Å². The zero-order chi connectivity index (χ0) is 43.8. The number of ketones is 4. The van der Waals surface area contributed by atoms with Gasteiger partial charge in [-0.15, -0.1) is 0 Å². The van der Waals surface area contributed by atoms with Gasteiger partial charge in [0, 0.05) is 83.0 Å². The van der Waals surface area contributed by atoms with Crippen LogP contribution in [0.5, 0.6) is 11.5 Å². The molecule has 0 unspecified atom stereocenters. The molecule has 0 radical (unpaired) electrons. The van der Waals surface area contributed by atoms with Gasteiger partial charge in [-0.3, -0.25) is 28.8 Å². The second-order valence-electron chi connectivity index (χ2n) is 15.8. The molecule has 17 nitrogen and oxygen atoms in total. The van der Waals surface area contributed by atoms with Gasteiger partial charge in [-0.2, -0.15) is 0 Å². The number of phenolic OH excluding ortho intramolecular Hbond substituents is 1. The number of hydrogen-bond donors (Lipinski definition) is 5. The Morgan fingerprint density at radius 1 is 0.966 bits per heavy atom. The number of amides is 1. The zero-order valence-corrected chi connectivity index (χ0v) is 34.9. The molecule has 3 heterocycles. The summed E-state index contributed by atoms with van der Waals surface area (Å²) in [5.41, 5.74) is -2.50. The third-order valence-corrected chi connectivity index (χ3v) is 11.9. The number of ether oxygens (including phenoxy) is 6. The van der Waals surface area contributed by atoms with Crippen LogP contribution in [0.4, 0.5) is 0 Å². The summed E-state index contributed by atoms with van der Waals surface area (Å²) in [6.45, 7) is 10.2. The third kappa shape index (κ3) is 8.57. The topological polar surface area (TPSA) is 243 Å². The smallest absolute Gasteiger partial charge is 0.312 e. The van der Waals surface area contributed by atoms with Crippen LogP contribution in [0, 0.1) is 36.5 Å². The van der Waals surface area contributed by atoms with Crippen molar-refractivity contribution in [2.75, 3.05) is 27.9 Å². The molecule has 1 aromatic rings. The monoisotopic (exact) mass is 826 g/mol. The molecule has 1 aromatic carbocycles. The first-order chi connectivity index (χ1) is 27.7. The molecular weight excluding hydrogens is 772 g/mol. The average molecular weight is 827 g/mol. The Balaban J connectivity index is 1.64. The molecule has 17 heteroatoms. The lowest BCUT2D eigenvalue weighted by molar-refractivity contribution is -0.160. The van der Waals surface area contributed by atoms with Crippen molar-refractivity contribution in [1.29, 1.82) is 0 Å². The van der Waals surface area contributed by atoms with Crippen LogP contribution >= 0.6 is 0 Å². The van der Waals surface area contributed by atoms with Gasteiger partial charge >= 0.3 is 11.8 Å². The minimum atomic E-state index is -2.13. The van der Waals surface area contributed by atoms with Crippen molar-refractivity contribution in [3.8, 4) is 11.5 Å². The van der Waals surface area contributed by atoms with Crippen LogP contribution in [0.15, 0.2) is 35.4 Å². The van der Waals surface area contributed by atoms with Crippen LogP contribution in [0.1, 0.15) is 91.0 Å². The van der Waals surface area contributed by atoms with Gasteiger partial charge in [-0.1, -0.05) is 20.8 Å². The number of aliphatic hydroxyl groups excluding tert-OH is 2. The van der Waals surface area contributed by atoms with E-state index in [4.69, 9.17) is 28.4 Å². The normalized spacial score (nSPS) is 32.8. The summed E-state index contributed by atoms with van der Waals surface area (Å²) in [7, 11) is 4.22. The van der Waals surface area contributed by atoms with Gasteiger partial charge in [-0.25, -0.2) is 0 Å². The van der Waals surface area contributed by atoms with Crippen molar-refractivity contribution >= 4 is 35.0 Å². The lowest BCUT2D eigenvalue weighted by Crippen LogP contribution is -2.46. The average Bonchev–Trinajstić information content (AvgIpc) is 3.96. The van der Waals surface area contributed by atoms with Crippen LogP contribution < -0.4 is 15.4 Å². The van der Waals surface area contributed by atoms with E-state index in [2.05, 4.69) is 10.6 Å². The van der Waals surface area contributed by atoms with Crippen LogP contribution in [-0.4, -0.2) is 115 Å². The predicted octanol–water partition coefficient (Wildman–Crippen LogP) is 2.57. The van der Waals surface area contributed by atoms with Gasteiger partial charge in [0.15, 0.2) is 12.1 Å². The standard InChI is InChI=1S/C42H54N2O15/c1-17-15-25(46)23-16-24(23)34(48)19(3)33(47)20(4)38(58-22(6)45)18(2)26(54-8)12-14-57-42(7)40(52)30-28-29(35(49)21(5)39(30)59-42)37(51)32(44-41(17)53)31(36(28)50)43-13-11-27(55-9)56-10/h12,14-15,18-20,23-24,26-27,33-34,38,43,47-49H,11,13,16H2,1-10H3,(H,44,53)/b14-12+,17-15-/t18-,19+,20-,23-,24+,26+,33-,34-,38-,42+/m1/s1. The predicted molar refractivity (Wildman–Crippen MR) is 207 cm³/mol. The lowest BCUT2D eigenvalue weighted by atomic mass is 9.79. The minimum Gasteiger partial charge on any atom is -0.507 e. The van der Waals surface area contributed by atoms with Gasteiger partial charge in [-0.05, 0) is 38.3 Å². The first kappa shape index (κ1) is 45.1. The number of aromatic hydroxyl groups is 1. The van der Waals surface area contributed by atoms with E-state index >= 15 is 0 Å². The molecule has 1 fully saturated rings. The molecule has 0 spiro atoms. The number of methoxy groups -OCH3 is 3. The summed E-state index contributed by atoms with van der Waals surface area (Å²) in [5, 5.41) is 39.7. The van der Waals surface area contributed by atoms with E-state index in [1.165, 1.54) is 55.1 Å². The molecule has 2 aliphatic carbocycles. The fourth-order valence-electron chi connectivity index (χ4n) is 8.16. The fraction of sp³-hybridized carbons (Fsp3) is 0.571. The Morgan fingerprint density at radius 3 is 2.24 bits per heavy atom. The van der Waals surface area contributed by atoms with Crippen molar-refractivity contribution in [2.24, 2.45) is 29.6 Å². The molecule has 6 rings (SSSR count). The Hall–Kier alpha value is -4.94. The highest BCUT2D eigenvalue weighted by Gasteiger charge is 2.53. The number of benzene rings is 1. The molecule has 0 saturated heterocycles. The quantitative estimate of drug-likeness (QED) is 0.187. The van der Waals surface area contributed by atoms with Crippen molar-refractivity contribution in [3.05, 3.63) is 57.6 Å². The van der Waals surface area contributed by atoms with Gasteiger partial charge in [0.05, 0.1) is 41.3 Å². The van der Waals surface area contributed by atoms with Crippen LogP contribution in [0.3, 0.4) is 0 Å². The molecule has 1 saturated carbocycles. The number of Topliss-reactive ketones (excluding diaryl/α,β-unsaturated/α-hetero) is 3. The molecular formula is C42H54N2O15. The van der Waals surface area contributed by atoms with E-state index in [9.17, 15) is 44.1 Å². The number of allylic oxidation sites excluding steroid dienone is 3. The van der Waals surface area contributed by atoms with E-state index in [0.717, 1.165) is 12.3 Å². The number of rotatable bonds is 8. The fourth-order valence-corrected chi connectivity index (χ4v) is 8.16. The van der Waals surface area contributed by atoms with Crippen molar-refractivity contribution in [2.45, 2.75) is 97.8 Å². The highest BCUT2D eigenvalue weighted by atomic mass is 16.7. The highest BCUT2D eigenvalue weighted by Crippen LogP contribution is 2.49. The molecule has 1 amide bonds. The van der Waals surface area contributed by atoms with E-state index in [-0.39, 0.29) is 41.8 Å². The van der Waals surface area contributed by atoms with Crippen LogP contribution in [-0.2, 0) is 38.1 Å². The largest absolute Gasteiger partial charge is 0.507 e. The molecule has 3 aliphatic heterocycles. The number of carbonyl (C=O) groups is 6. The Labute approximate surface area is 342 Å². The Morgan fingerprint density at radius 2 is 1.63 bits per heavy atom. The van der Waals surface area contributed by atoms with E-state index in [0.29, 0.717) is 0 Å². The summed E-state index contributed by atoms with van der Waals surface area (Å²) in [6, 6.07) is 0. The van der Waals surface area contributed by atoms with E-state index < -0.39 is 129 Å². The van der Waals surface area contributed by atoms with Gasteiger partial charge in [0.25, 0.3) is 11.7 Å².